The number of ether oxygens (including phenoxy) is 1. The van der Waals surface area contributed by atoms with Crippen LogP contribution in [-0.2, 0) is 4.79 Å². The van der Waals surface area contributed by atoms with Crippen molar-refractivity contribution in [2.75, 3.05) is 12.4 Å². The van der Waals surface area contributed by atoms with E-state index in [0.29, 0.717) is 17.5 Å². The van der Waals surface area contributed by atoms with Gasteiger partial charge in [-0.05, 0) is 43.3 Å². The van der Waals surface area contributed by atoms with Crippen LogP contribution in [0.5, 0.6) is 5.75 Å². The maximum atomic E-state index is 11.7. The number of nitrogens with one attached hydrogen (secondary N) is 1. The summed E-state index contributed by atoms with van der Waals surface area (Å²) >= 11 is 1.28. The third kappa shape index (κ3) is 4.20. The van der Waals surface area contributed by atoms with Crippen molar-refractivity contribution in [2.24, 2.45) is 0 Å². The molecule has 22 heavy (non-hydrogen) atoms. The molecule has 2 rings (SSSR count). The van der Waals surface area contributed by atoms with Crippen LogP contribution in [0, 0.1) is 0 Å². The SMILES string of the molecule is CCOc1ccccc1-n1nnnc1SCC(=O)NC(C)C. The minimum Gasteiger partial charge on any atom is -0.492 e. The smallest absolute Gasteiger partial charge is 0.230 e. The van der Waals surface area contributed by atoms with Gasteiger partial charge in [-0.25, -0.2) is 0 Å². The van der Waals surface area contributed by atoms with E-state index in [9.17, 15) is 4.79 Å². The molecule has 0 saturated heterocycles. The Morgan fingerprint density at radius 2 is 2.18 bits per heavy atom. The van der Waals surface area contributed by atoms with Crippen LogP contribution < -0.4 is 10.1 Å². The first-order valence-corrected chi connectivity index (χ1v) is 8.03. The van der Waals surface area contributed by atoms with Crippen molar-refractivity contribution in [3.8, 4) is 11.4 Å². The Hall–Kier alpha value is -2.09. The lowest BCUT2D eigenvalue weighted by Gasteiger charge is -2.11. The van der Waals surface area contributed by atoms with Gasteiger partial charge in [0.25, 0.3) is 0 Å². The van der Waals surface area contributed by atoms with Crippen LogP contribution in [0.3, 0.4) is 0 Å². The molecule has 1 amide bonds. The monoisotopic (exact) mass is 321 g/mol. The Morgan fingerprint density at radius 3 is 2.91 bits per heavy atom. The number of amides is 1. The van der Waals surface area contributed by atoms with Gasteiger partial charge in [0.15, 0.2) is 0 Å². The van der Waals surface area contributed by atoms with E-state index < -0.39 is 0 Å². The van der Waals surface area contributed by atoms with Crippen molar-refractivity contribution in [2.45, 2.75) is 32.0 Å². The fourth-order valence-corrected chi connectivity index (χ4v) is 2.52. The largest absolute Gasteiger partial charge is 0.492 e. The van der Waals surface area contributed by atoms with Crippen molar-refractivity contribution < 1.29 is 9.53 Å². The van der Waals surface area contributed by atoms with Crippen molar-refractivity contribution in [3.63, 3.8) is 0 Å². The lowest BCUT2D eigenvalue weighted by atomic mass is 10.3. The van der Waals surface area contributed by atoms with Gasteiger partial charge in [-0.2, -0.15) is 4.68 Å². The first kappa shape index (κ1) is 16.3. The summed E-state index contributed by atoms with van der Waals surface area (Å²) in [5, 5.41) is 15.0. The van der Waals surface area contributed by atoms with E-state index >= 15 is 0 Å². The van der Waals surface area contributed by atoms with Gasteiger partial charge in [-0.15, -0.1) is 5.10 Å². The fraction of sp³-hybridized carbons (Fsp3) is 0.429. The molecular formula is C14H19N5O2S. The fourth-order valence-electron chi connectivity index (χ4n) is 1.82. The Bertz CT molecular complexity index is 629. The van der Waals surface area contributed by atoms with Crippen molar-refractivity contribution in [1.29, 1.82) is 0 Å². The molecule has 1 N–H and O–H groups in total. The van der Waals surface area contributed by atoms with Crippen LogP contribution in [-0.4, -0.2) is 44.5 Å². The normalized spacial score (nSPS) is 10.7. The maximum absolute atomic E-state index is 11.7. The summed E-state index contributed by atoms with van der Waals surface area (Å²) in [5.41, 5.74) is 0.751. The molecule has 0 radical (unpaired) electrons. The van der Waals surface area contributed by atoms with Crippen molar-refractivity contribution in [1.82, 2.24) is 25.5 Å². The van der Waals surface area contributed by atoms with Crippen molar-refractivity contribution in [3.05, 3.63) is 24.3 Å². The molecule has 0 aliphatic heterocycles. The number of aromatic nitrogens is 4. The highest BCUT2D eigenvalue weighted by Crippen LogP contribution is 2.25. The lowest BCUT2D eigenvalue weighted by molar-refractivity contribution is -0.119. The van der Waals surface area contributed by atoms with E-state index in [1.165, 1.54) is 11.8 Å². The Balaban J connectivity index is 2.14. The number of carbonyl (C=O) groups excluding carboxylic acids is 1. The van der Waals surface area contributed by atoms with E-state index in [0.717, 1.165) is 5.69 Å². The van der Waals surface area contributed by atoms with Gasteiger partial charge in [0.1, 0.15) is 11.4 Å². The Labute approximate surface area is 133 Å². The van der Waals surface area contributed by atoms with Gasteiger partial charge < -0.3 is 10.1 Å². The highest BCUT2D eigenvalue weighted by atomic mass is 32.2. The van der Waals surface area contributed by atoms with Crippen LogP contribution in [0.2, 0.25) is 0 Å². The average molecular weight is 321 g/mol. The summed E-state index contributed by atoms with van der Waals surface area (Å²) in [6.45, 7) is 6.32. The van der Waals surface area contributed by atoms with Crippen molar-refractivity contribution >= 4 is 17.7 Å². The molecule has 0 aliphatic carbocycles. The molecule has 118 valence electrons. The van der Waals surface area contributed by atoms with Gasteiger partial charge in [-0.3, -0.25) is 4.79 Å². The molecule has 2 aromatic rings. The van der Waals surface area contributed by atoms with E-state index in [1.54, 1.807) is 4.68 Å². The second-order valence-corrected chi connectivity index (χ2v) is 5.73. The van der Waals surface area contributed by atoms with Crippen LogP contribution >= 0.6 is 11.8 Å². The zero-order valence-electron chi connectivity index (χ0n) is 12.8. The third-order valence-electron chi connectivity index (χ3n) is 2.62. The zero-order valence-corrected chi connectivity index (χ0v) is 13.6. The molecule has 0 unspecified atom stereocenters. The number of para-hydroxylation sites is 2. The molecule has 0 saturated carbocycles. The van der Waals surface area contributed by atoms with E-state index in [2.05, 4.69) is 20.8 Å². The molecule has 1 aromatic heterocycles. The van der Waals surface area contributed by atoms with Crippen LogP contribution in [0.15, 0.2) is 29.4 Å². The number of nitrogens with zero attached hydrogens (tertiary/aromatic N) is 4. The predicted octanol–water partition coefficient (Wildman–Crippen LogP) is 1.68. The number of hydrogen-bond donors (Lipinski definition) is 1. The molecule has 1 heterocycles. The summed E-state index contributed by atoms with van der Waals surface area (Å²) in [6, 6.07) is 7.63. The van der Waals surface area contributed by atoms with Crippen LogP contribution in [0.25, 0.3) is 5.69 Å². The topological polar surface area (TPSA) is 81.9 Å². The molecule has 7 nitrogen and oxygen atoms in total. The second kappa shape index (κ2) is 7.79. The van der Waals surface area contributed by atoms with Gasteiger partial charge in [-0.1, -0.05) is 23.9 Å². The Morgan fingerprint density at radius 1 is 1.41 bits per heavy atom. The highest BCUT2D eigenvalue weighted by Gasteiger charge is 2.14. The summed E-state index contributed by atoms with van der Waals surface area (Å²) in [6.07, 6.45) is 0. The van der Waals surface area contributed by atoms with Gasteiger partial charge in [0.2, 0.25) is 11.1 Å². The molecule has 0 spiro atoms. The standard InChI is InChI=1S/C14H19N5O2S/c1-4-21-12-8-6-5-7-11(12)19-14(16-17-18-19)22-9-13(20)15-10(2)3/h5-8,10H,4,9H2,1-3H3,(H,15,20). The zero-order chi connectivity index (χ0) is 15.9. The molecule has 0 fully saturated rings. The summed E-state index contributed by atoms with van der Waals surface area (Å²) < 4.78 is 7.17. The second-order valence-electron chi connectivity index (χ2n) is 4.78. The number of carbonyl (C=O) groups is 1. The number of hydrogen-bond acceptors (Lipinski definition) is 6. The van der Waals surface area contributed by atoms with E-state index in [4.69, 9.17) is 4.74 Å². The molecule has 0 aliphatic rings. The van der Waals surface area contributed by atoms with Gasteiger partial charge in [0, 0.05) is 6.04 Å². The minimum atomic E-state index is -0.0485. The first-order chi connectivity index (χ1) is 10.6. The Kier molecular flexibility index (Phi) is 5.76. The minimum absolute atomic E-state index is 0.0485. The van der Waals surface area contributed by atoms with Crippen LogP contribution in [0.4, 0.5) is 0 Å². The predicted molar refractivity (Wildman–Crippen MR) is 84.3 cm³/mol. The third-order valence-corrected chi connectivity index (χ3v) is 3.54. The molecule has 1 aromatic carbocycles. The highest BCUT2D eigenvalue weighted by molar-refractivity contribution is 7.99. The summed E-state index contributed by atoms with van der Waals surface area (Å²) in [7, 11) is 0. The van der Waals surface area contributed by atoms with Crippen LogP contribution in [0.1, 0.15) is 20.8 Å². The number of rotatable bonds is 7. The number of benzene rings is 1. The summed E-state index contributed by atoms with van der Waals surface area (Å²) in [4.78, 5) is 11.7. The molecule has 8 heteroatoms. The van der Waals surface area contributed by atoms with Gasteiger partial charge in [0.05, 0.1) is 12.4 Å². The molecular weight excluding hydrogens is 302 g/mol. The number of tetrazole rings is 1. The maximum Gasteiger partial charge on any atom is 0.230 e. The molecule has 0 atom stereocenters. The lowest BCUT2D eigenvalue weighted by Crippen LogP contribution is -2.31. The quantitative estimate of drug-likeness (QED) is 0.781. The first-order valence-electron chi connectivity index (χ1n) is 7.04. The van der Waals surface area contributed by atoms with E-state index in [-0.39, 0.29) is 17.7 Å². The number of thioether (sulfide) groups is 1. The molecule has 0 bridgehead atoms. The van der Waals surface area contributed by atoms with E-state index in [1.807, 2.05) is 45.0 Å². The summed E-state index contributed by atoms with van der Waals surface area (Å²) in [5.74, 6) is 0.911. The van der Waals surface area contributed by atoms with Gasteiger partial charge >= 0.3 is 0 Å². The average Bonchev–Trinajstić information content (AvgIpc) is 2.93.